The molecule has 0 bridgehead atoms. The van der Waals surface area contributed by atoms with Gasteiger partial charge in [-0.1, -0.05) is 30.3 Å². The van der Waals surface area contributed by atoms with Crippen molar-refractivity contribution in [3.8, 4) is 17.2 Å². The number of carbonyl (C=O) groups excluding carboxylic acids is 1. The maximum atomic E-state index is 12.5. The van der Waals surface area contributed by atoms with Crippen molar-refractivity contribution in [2.24, 2.45) is 0 Å². The van der Waals surface area contributed by atoms with E-state index in [0.717, 1.165) is 43.9 Å². The molecule has 29 heavy (non-hydrogen) atoms. The van der Waals surface area contributed by atoms with E-state index in [1.165, 1.54) is 4.90 Å². The highest BCUT2D eigenvalue weighted by Crippen LogP contribution is 2.39. The maximum Gasteiger partial charge on any atom is 0.246 e. The molecule has 1 saturated heterocycles. The van der Waals surface area contributed by atoms with Gasteiger partial charge in [0.1, 0.15) is 6.54 Å². The normalized spacial score (nSPS) is 14.8. The fourth-order valence-corrected chi connectivity index (χ4v) is 3.63. The number of carbonyl (C=O) groups is 1. The summed E-state index contributed by atoms with van der Waals surface area (Å²) in [5.41, 5.74) is 2.11. The zero-order chi connectivity index (χ0) is 20.6. The van der Waals surface area contributed by atoms with E-state index in [9.17, 15) is 4.79 Å². The molecule has 1 aliphatic rings. The first-order valence-corrected chi connectivity index (χ1v) is 9.79. The molecule has 0 saturated carbocycles. The molecule has 154 valence electrons. The lowest BCUT2D eigenvalue weighted by Crippen LogP contribution is -3.13. The van der Waals surface area contributed by atoms with E-state index in [-0.39, 0.29) is 5.91 Å². The van der Waals surface area contributed by atoms with Gasteiger partial charge in [-0.3, -0.25) is 4.79 Å². The highest BCUT2D eigenvalue weighted by Gasteiger charge is 2.25. The molecule has 1 aliphatic heterocycles. The zero-order valence-corrected chi connectivity index (χ0v) is 17.3. The van der Waals surface area contributed by atoms with Gasteiger partial charge in [0.15, 0.2) is 11.5 Å². The summed E-state index contributed by atoms with van der Waals surface area (Å²) in [7, 11) is 4.88. The summed E-state index contributed by atoms with van der Waals surface area (Å²) in [5.74, 6) is 2.05. The number of hydrogen-bond donors (Lipinski definition) is 1. The molecule has 2 aromatic rings. The second-order valence-electron chi connectivity index (χ2n) is 6.99. The van der Waals surface area contributed by atoms with Crippen molar-refractivity contribution < 1.29 is 23.9 Å². The molecule has 1 amide bonds. The van der Waals surface area contributed by atoms with Crippen LogP contribution in [0, 0.1) is 0 Å². The number of nitrogens with zero attached hydrogens (tertiary/aromatic N) is 1. The van der Waals surface area contributed by atoms with Crippen molar-refractivity contribution in [1.29, 1.82) is 0 Å². The number of quaternary nitrogens is 1. The van der Waals surface area contributed by atoms with E-state index in [1.54, 1.807) is 27.4 Å². The number of benzene rings is 2. The van der Waals surface area contributed by atoms with Crippen molar-refractivity contribution in [1.82, 2.24) is 4.90 Å². The Morgan fingerprint density at radius 2 is 1.66 bits per heavy atom. The molecule has 6 heteroatoms. The topological polar surface area (TPSA) is 52.4 Å². The van der Waals surface area contributed by atoms with Crippen molar-refractivity contribution in [3.05, 3.63) is 59.7 Å². The number of ether oxygens (including phenoxy) is 3. The number of hydrogen-bond acceptors (Lipinski definition) is 4. The van der Waals surface area contributed by atoms with Crippen LogP contribution in [-0.2, 0) is 11.3 Å². The first kappa shape index (κ1) is 20.7. The average Bonchev–Trinajstić information content (AvgIpc) is 2.78. The fraction of sp³-hybridized carbons (Fsp3) is 0.348. The molecule has 1 heterocycles. The first-order valence-electron chi connectivity index (χ1n) is 9.79. The van der Waals surface area contributed by atoms with E-state index in [4.69, 9.17) is 14.2 Å². The Morgan fingerprint density at radius 1 is 0.966 bits per heavy atom. The van der Waals surface area contributed by atoms with Crippen LogP contribution in [0.2, 0.25) is 0 Å². The van der Waals surface area contributed by atoms with E-state index in [0.29, 0.717) is 17.2 Å². The van der Waals surface area contributed by atoms with Crippen LogP contribution in [0.25, 0.3) is 6.08 Å². The average molecular weight is 397 g/mol. The molecule has 1 fully saturated rings. The van der Waals surface area contributed by atoms with Crippen molar-refractivity contribution in [3.63, 3.8) is 0 Å². The Bertz CT molecular complexity index is 843. The third-order valence-electron chi connectivity index (χ3n) is 5.23. The second kappa shape index (κ2) is 9.98. The molecule has 0 spiro atoms. The van der Waals surface area contributed by atoms with Crippen LogP contribution < -0.4 is 19.1 Å². The predicted molar refractivity (Wildman–Crippen MR) is 113 cm³/mol. The Balaban J connectivity index is 1.59. The molecular weight excluding hydrogens is 368 g/mol. The Labute approximate surface area is 172 Å². The standard InChI is InChI=1S/C23H28N2O4/c1-27-20-11-10-19(22(28-2)23(20)29-3)17-24-13-15-25(16-14-24)21(26)12-9-18-7-5-4-6-8-18/h4-12H,13-17H2,1-3H3/p+1/b12-9+. The van der Waals surface area contributed by atoms with Crippen molar-refractivity contribution in [2.75, 3.05) is 47.5 Å². The van der Waals surface area contributed by atoms with Crippen molar-refractivity contribution >= 4 is 12.0 Å². The molecular formula is C23H29N2O4+. The lowest BCUT2D eigenvalue weighted by molar-refractivity contribution is -0.917. The van der Waals surface area contributed by atoms with Gasteiger partial charge in [-0.05, 0) is 23.8 Å². The molecule has 0 radical (unpaired) electrons. The van der Waals surface area contributed by atoms with Crippen LogP contribution in [0.5, 0.6) is 17.2 Å². The van der Waals surface area contributed by atoms with Gasteiger partial charge in [0.2, 0.25) is 11.7 Å². The molecule has 1 N–H and O–H groups in total. The third-order valence-corrected chi connectivity index (χ3v) is 5.23. The summed E-state index contributed by atoms with van der Waals surface area (Å²) < 4.78 is 16.4. The van der Waals surface area contributed by atoms with Crippen LogP contribution in [0.4, 0.5) is 0 Å². The van der Waals surface area contributed by atoms with E-state index < -0.39 is 0 Å². The highest BCUT2D eigenvalue weighted by atomic mass is 16.5. The predicted octanol–water partition coefficient (Wildman–Crippen LogP) is 1.65. The van der Waals surface area contributed by atoms with Gasteiger partial charge < -0.3 is 24.0 Å². The minimum Gasteiger partial charge on any atom is -0.493 e. The van der Waals surface area contributed by atoms with E-state index in [1.807, 2.05) is 53.4 Å². The highest BCUT2D eigenvalue weighted by molar-refractivity contribution is 5.91. The third kappa shape index (κ3) is 5.09. The van der Waals surface area contributed by atoms with Gasteiger partial charge in [-0.15, -0.1) is 0 Å². The zero-order valence-electron chi connectivity index (χ0n) is 17.3. The number of amides is 1. The minimum atomic E-state index is 0.0663. The largest absolute Gasteiger partial charge is 0.493 e. The van der Waals surface area contributed by atoms with Crippen molar-refractivity contribution in [2.45, 2.75) is 6.54 Å². The van der Waals surface area contributed by atoms with Gasteiger partial charge in [-0.2, -0.15) is 0 Å². The Hall–Kier alpha value is -2.99. The van der Waals surface area contributed by atoms with Crippen LogP contribution in [0.1, 0.15) is 11.1 Å². The quantitative estimate of drug-likeness (QED) is 0.722. The van der Waals surface area contributed by atoms with Crippen LogP contribution >= 0.6 is 0 Å². The molecule has 0 aromatic heterocycles. The van der Waals surface area contributed by atoms with Crippen LogP contribution in [-0.4, -0.2) is 58.3 Å². The first-order chi connectivity index (χ1) is 14.2. The lowest BCUT2D eigenvalue weighted by Gasteiger charge is -2.32. The molecule has 0 unspecified atom stereocenters. The number of piperazine rings is 1. The second-order valence-corrected chi connectivity index (χ2v) is 6.99. The summed E-state index contributed by atoms with van der Waals surface area (Å²) in [6, 6.07) is 13.8. The SMILES string of the molecule is COc1ccc(C[NH+]2CCN(C(=O)/C=C/c3ccccc3)CC2)c(OC)c1OC. The summed E-state index contributed by atoms with van der Waals surface area (Å²) in [6.07, 6.45) is 3.54. The Kier molecular flexibility index (Phi) is 7.14. The number of rotatable bonds is 7. The van der Waals surface area contributed by atoms with Gasteiger partial charge in [-0.25, -0.2) is 0 Å². The molecule has 3 rings (SSSR count). The van der Waals surface area contributed by atoms with Gasteiger partial charge >= 0.3 is 0 Å². The van der Waals surface area contributed by atoms with E-state index >= 15 is 0 Å². The maximum absolute atomic E-state index is 12.5. The molecule has 2 aromatic carbocycles. The van der Waals surface area contributed by atoms with Gasteiger partial charge in [0, 0.05) is 6.08 Å². The summed E-state index contributed by atoms with van der Waals surface area (Å²) in [5, 5.41) is 0. The summed E-state index contributed by atoms with van der Waals surface area (Å²) in [6.45, 7) is 4.07. The Morgan fingerprint density at radius 3 is 2.28 bits per heavy atom. The van der Waals surface area contributed by atoms with E-state index in [2.05, 4.69) is 0 Å². The summed E-state index contributed by atoms with van der Waals surface area (Å²) >= 11 is 0. The molecule has 0 aliphatic carbocycles. The summed E-state index contributed by atoms with van der Waals surface area (Å²) in [4.78, 5) is 15.8. The van der Waals surface area contributed by atoms with Gasteiger partial charge in [0.05, 0.1) is 53.1 Å². The fourth-order valence-electron chi connectivity index (χ4n) is 3.63. The smallest absolute Gasteiger partial charge is 0.246 e. The van der Waals surface area contributed by atoms with Crippen LogP contribution in [0.3, 0.4) is 0 Å². The molecule has 0 atom stereocenters. The molecule has 6 nitrogen and oxygen atoms in total. The number of methoxy groups -OCH3 is 3. The minimum absolute atomic E-state index is 0.0663. The van der Waals surface area contributed by atoms with Crippen LogP contribution in [0.15, 0.2) is 48.5 Å². The number of nitrogens with one attached hydrogen (secondary N) is 1. The lowest BCUT2D eigenvalue weighted by atomic mass is 10.1. The monoisotopic (exact) mass is 397 g/mol. The van der Waals surface area contributed by atoms with Gasteiger partial charge in [0.25, 0.3) is 0 Å².